The maximum Gasteiger partial charge on any atom is 0.330 e. The summed E-state index contributed by atoms with van der Waals surface area (Å²) in [6.45, 7) is 0.934. The smallest absolute Gasteiger partial charge is 0.330 e. The zero-order valence-electron chi connectivity index (χ0n) is 14.2. The molecule has 5 nitrogen and oxygen atoms in total. The van der Waals surface area contributed by atoms with Crippen LogP contribution in [0.1, 0.15) is 42.5 Å². The van der Waals surface area contributed by atoms with Crippen LogP contribution in [0.4, 0.5) is 0 Å². The van der Waals surface area contributed by atoms with Crippen LogP contribution in [0.3, 0.4) is 0 Å². The Morgan fingerprint density at radius 1 is 1.00 bits per heavy atom. The lowest BCUT2D eigenvalue weighted by Gasteiger charge is -2.24. The molecule has 1 aromatic heterocycles. The SMILES string of the molecule is O=C(c1ccc(-n2cc[nH]c2=O)cc1)N1C[C@H](C2CC2)C[C@@H]1C1CC1. The third kappa shape index (κ3) is 2.71. The molecule has 0 spiro atoms. The van der Waals surface area contributed by atoms with E-state index in [2.05, 4.69) is 9.88 Å². The largest absolute Gasteiger partial charge is 0.335 e. The molecule has 5 rings (SSSR count). The number of aromatic amines is 1. The van der Waals surface area contributed by atoms with E-state index in [1.807, 2.05) is 24.3 Å². The van der Waals surface area contributed by atoms with Gasteiger partial charge in [0.15, 0.2) is 0 Å². The summed E-state index contributed by atoms with van der Waals surface area (Å²) in [7, 11) is 0. The fraction of sp³-hybridized carbons (Fsp3) is 0.500. The molecule has 2 aromatic rings. The first-order chi connectivity index (χ1) is 12.2. The van der Waals surface area contributed by atoms with Gasteiger partial charge in [0.05, 0.1) is 5.69 Å². The van der Waals surface area contributed by atoms with Crippen LogP contribution in [0.25, 0.3) is 5.69 Å². The third-order valence-electron chi connectivity index (χ3n) is 6.13. The lowest BCUT2D eigenvalue weighted by atomic mass is 9.98. The summed E-state index contributed by atoms with van der Waals surface area (Å²) in [6.07, 6.45) is 9.78. The molecule has 1 N–H and O–H groups in total. The molecule has 25 heavy (non-hydrogen) atoms. The van der Waals surface area contributed by atoms with Crippen LogP contribution in [-0.2, 0) is 0 Å². The topological polar surface area (TPSA) is 58.1 Å². The Morgan fingerprint density at radius 2 is 1.72 bits per heavy atom. The molecule has 130 valence electrons. The third-order valence-corrected chi connectivity index (χ3v) is 6.13. The molecule has 2 atom stereocenters. The number of likely N-dealkylation sites (tertiary alicyclic amines) is 1. The van der Waals surface area contributed by atoms with E-state index in [1.165, 1.54) is 32.1 Å². The van der Waals surface area contributed by atoms with Crippen molar-refractivity contribution < 1.29 is 4.79 Å². The summed E-state index contributed by atoms with van der Waals surface area (Å²) in [4.78, 5) is 29.6. The van der Waals surface area contributed by atoms with E-state index in [0.717, 1.165) is 29.6 Å². The predicted octanol–water partition coefficient (Wildman–Crippen LogP) is 2.82. The first-order valence-corrected chi connectivity index (χ1v) is 9.38. The van der Waals surface area contributed by atoms with Gasteiger partial charge in [0, 0.05) is 30.5 Å². The molecular weight excluding hydrogens is 314 g/mol. The molecule has 3 fully saturated rings. The fourth-order valence-corrected chi connectivity index (χ4v) is 4.42. The van der Waals surface area contributed by atoms with Crippen molar-refractivity contribution in [3.63, 3.8) is 0 Å². The molecule has 0 bridgehead atoms. The Morgan fingerprint density at radius 3 is 2.32 bits per heavy atom. The summed E-state index contributed by atoms with van der Waals surface area (Å²) < 4.78 is 1.54. The number of carbonyl (C=O) groups excluding carboxylic acids is 1. The molecule has 2 saturated carbocycles. The summed E-state index contributed by atoms with van der Waals surface area (Å²) in [6, 6.07) is 7.86. The Balaban J connectivity index is 1.37. The van der Waals surface area contributed by atoms with Crippen LogP contribution in [0.5, 0.6) is 0 Å². The van der Waals surface area contributed by atoms with Crippen LogP contribution in [0.15, 0.2) is 41.5 Å². The van der Waals surface area contributed by atoms with Crippen LogP contribution < -0.4 is 5.69 Å². The molecule has 1 amide bonds. The second-order valence-electron chi connectivity index (χ2n) is 7.88. The van der Waals surface area contributed by atoms with Gasteiger partial charge >= 0.3 is 5.69 Å². The van der Waals surface area contributed by atoms with Crippen molar-refractivity contribution in [2.75, 3.05) is 6.54 Å². The number of imidazole rings is 1. The van der Waals surface area contributed by atoms with Crippen molar-refractivity contribution in [3.8, 4) is 5.69 Å². The molecule has 1 aromatic carbocycles. The highest BCUT2D eigenvalue weighted by Gasteiger charge is 2.47. The number of benzene rings is 1. The van der Waals surface area contributed by atoms with Crippen LogP contribution in [0.2, 0.25) is 0 Å². The van der Waals surface area contributed by atoms with Gasteiger partial charge in [-0.3, -0.25) is 9.36 Å². The minimum atomic E-state index is -0.167. The number of amides is 1. The quantitative estimate of drug-likeness (QED) is 0.933. The molecule has 2 heterocycles. The van der Waals surface area contributed by atoms with Gasteiger partial charge in [0.2, 0.25) is 0 Å². The van der Waals surface area contributed by atoms with E-state index in [-0.39, 0.29) is 11.6 Å². The number of carbonyl (C=O) groups is 1. The average Bonchev–Trinajstić information content (AvgIpc) is 3.57. The number of aromatic nitrogens is 2. The second-order valence-corrected chi connectivity index (χ2v) is 7.88. The molecular formula is C20H23N3O2. The monoisotopic (exact) mass is 337 g/mol. The van der Waals surface area contributed by atoms with Gasteiger partial charge in [-0.25, -0.2) is 4.79 Å². The van der Waals surface area contributed by atoms with Gasteiger partial charge in [0.1, 0.15) is 0 Å². The molecule has 0 unspecified atom stereocenters. The minimum Gasteiger partial charge on any atom is -0.335 e. The Bertz CT molecular complexity index is 842. The molecule has 0 radical (unpaired) electrons. The first-order valence-electron chi connectivity index (χ1n) is 9.38. The maximum atomic E-state index is 13.1. The fourth-order valence-electron chi connectivity index (χ4n) is 4.42. The molecule has 1 saturated heterocycles. The number of H-pyrrole nitrogens is 1. The number of nitrogens with one attached hydrogen (secondary N) is 1. The van der Waals surface area contributed by atoms with Crippen molar-refractivity contribution in [1.82, 2.24) is 14.5 Å². The van der Waals surface area contributed by atoms with Gasteiger partial charge in [-0.1, -0.05) is 0 Å². The number of hydrogen-bond donors (Lipinski definition) is 1. The number of rotatable bonds is 4. The van der Waals surface area contributed by atoms with Gasteiger partial charge in [-0.05, 0) is 74.1 Å². The van der Waals surface area contributed by atoms with Crippen molar-refractivity contribution in [2.45, 2.75) is 38.1 Å². The normalized spacial score (nSPS) is 26.2. The highest BCUT2D eigenvalue weighted by Crippen LogP contribution is 2.48. The van der Waals surface area contributed by atoms with Crippen LogP contribution in [-0.4, -0.2) is 32.9 Å². The highest BCUT2D eigenvalue weighted by atomic mass is 16.2. The number of nitrogens with zero attached hydrogens (tertiary/aromatic N) is 2. The van der Waals surface area contributed by atoms with Crippen molar-refractivity contribution in [3.05, 3.63) is 52.7 Å². The van der Waals surface area contributed by atoms with E-state index in [0.29, 0.717) is 12.0 Å². The average molecular weight is 337 g/mol. The van der Waals surface area contributed by atoms with E-state index < -0.39 is 0 Å². The van der Waals surface area contributed by atoms with E-state index in [4.69, 9.17) is 0 Å². The lowest BCUT2D eigenvalue weighted by Crippen LogP contribution is -2.37. The van der Waals surface area contributed by atoms with Gasteiger partial charge in [0.25, 0.3) is 5.91 Å². The summed E-state index contributed by atoms with van der Waals surface area (Å²) >= 11 is 0. The number of hydrogen-bond acceptors (Lipinski definition) is 2. The lowest BCUT2D eigenvalue weighted by molar-refractivity contribution is 0.0716. The summed E-state index contributed by atoms with van der Waals surface area (Å²) in [5, 5.41) is 0. The van der Waals surface area contributed by atoms with E-state index in [1.54, 1.807) is 17.0 Å². The molecule has 5 heteroatoms. The van der Waals surface area contributed by atoms with Gasteiger partial charge < -0.3 is 9.88 Å². The minimum absolute atomic E-state index is 0.160. The Labute approximate surface area is 146 Å². The van der Waals surface area contributed by atoms with Gasteiger partial charge in [-0.2, -0.15) is 0 Å². The van der Waals surface area contributed by atoms with E-state index >= 15 is 0 Å². The predicted molar refractivity (Wildman–Crippen MR) is 94.8 cm³/mol. The Kier molecular flexibility index (Phi) is 3.37. The maximum absolute atomic E-state index is 13.1. The molecule has 1 aliphatic heterocycles. The standard InChI is InChI=1S/C20H23N3O2/c24-19(15-5-7-17(8-6-15)22-10-9-21-20(22)25)23-12-16(13-1-2-13)11-18(23)14-3-4-14/h5-10,13-14,16,18H,1-4,11-12H2,(H,21,25)/t16-,18-/m1/s1. The van der Waals surface area contributed by atoms with Crippen molar-refractivity contribution in [2.24, 2.45) is 17.8 Å². The summed E-state index contributed by atoms with van der Waals surface area (Å²) in [5.74, 6) is 2.47. The van der Waals surface area contributed by atoms with Crippen molar-refractivity contribution >= 4 is 5.91 Å². The first kappa shape index (κ1) is 15.0. The second kappa shape index (κ2) is 5.61. The van der Waals surface area contributed by atoms with Crippen LogP contribution >= 0.6 is 0 Å². The van der Waals surface area contributed by atoms with Crippen LogP contribution in [0, 0.1) is 17.8 Å². The Hall–Kier alpha value is -2.30. The molecule has 3 aliphatic rings. The molecule has 2 aliphatic carbocycles. The van der Waals surface area contributed by atoms with Crippen molar-refractivity contribution in [1.29, 1.82) is 0 Å². The van der Waals surface area contributed by atoms with E-state index in [9.17, 15) is 9.59 Å². The zero-order chi connectivity index (χ0) is 17.0. The highest BCUT2D eigenvalue weighted by molar-refractivity contribution is 5.94. The zero-order valence-corrected chi connectivity index (χ0v) is 14.2. The summed E-state index contributed by atoms with van der Waals surface area (Å²) in [5.41, 5.74) is 1.34. The van der Waals surface area contributed by atoms with Gasteiger partial charge in [-0.15, -0.1) is 0 Å².